The molecular formula is C20H21NO7. The van der Waals surface area contributed by atoms with Crippen LogP contribution in [0.1, 0.15) is 27.6 Å². The molecule has 1 amide bonds. The predicted octanol–water partition coefficient (Wildman–Crippen LogP) is 2.00. The number of benzene rings is 2. The molecule has 148 valence electrons. The summed E-state index contributed by atoms with van der Waals surface area (Å²) in [4.78, 5) is 35.2. The maximum absolute atomic E-state index is 12.2. The first-order chi connectivity index (χ1) is 13.4. The molecule has 0 aliphatic carbocycles. The van der Waals surface area contributed by atoms with Crippen LogP contribution in [-0.2, 0) is 9.53 Å². The van der Waals surface area contributed by atoms with E-state index in [0.717, 1.165) is 0 Å². The van der Waals surface area contributed by atoms with Gasteiger partial charge in [-0.05, 0) is 49.4 Å². The molecule has 0 aliphatic rings. The van der Waals surface area contributed by atoms with E-state index in [1.54, 1.807) is 24.3 Å². The summed E-state index contributed by atoms with van der Waals surface area (Å²) in [6.45, 7) is 1.66. The van der Waals surface area contributed by atoms with Crippen LogP contribution in [0.3, 0.4) is 0 Å². The van der Waals surface area contributed by atoms with Crippen LogP contribution in [0.2, 0.25) is 0 Å². The number of carbonyl (C=O) groups is 3. The van der Waals surface area contributed by atoms with Crippen molar-refractivity contribution in [3.05, 3.63) is 53.6 Å². The summed E-state index contributed by atoms with van der Waals surface area (Å²) in [7, 11) is 1.39. The molecule has 0 aromatic heterocycles. The molecule has 0 saturated heterocycles. The summed E-state index contributed by atoms with van der Waals surface area (Å²) in [5.41, 5.74) is 5.61. The number of methoxy groups -OCH3 is 1. The molecule has 2 aromatic carbocycles. The first-order valence-corrected chi connectivity index (χ1v) is 8.47. The summed E-state index contributed by atoms with van der Waals surface area (Å²) in [5, 5.41) is 0. The Kier molecular flexibility index (Phi) is 7.38. The van der Waals surface area contributed by atoms with Crippen LogP contribution in [0.25, 0.3) is 0 Å². The smallest absolute Gasteiger partial charge is 0.338 e. The fourth-order valence-electron chi connectivity index (χ4n) is 2.26. The van der Waals surface area contributed by atoms with E-state index in [1.807, 2.05) is 6.92 Å². The summed E-state index contributed by atoms with van der Waals surface area (Å²) < 4.78 is 20.7. The van der Waals surface area contributed by atoms with Crippen LogP contribution in [0.4, 0.5) is 0 Å². The first kappa shape index (κ1) is 20.8. The monoisotopic (exact) mass is 387 g/mol. The number of nitrogens with two attached hydrogens (primary N) is 1. The lowest BCUT2D eigenvalue weighted by atomic mass is 10.1. The zero-order valence-corrected chi connectivity index (χ0v) is 15.6. The van der Waals surface area contributed by atoms with Gasteiger partial charge in [-0.15, -0.1) is 0 Å². The molecule has 0 fully saturated rings. The van der Waals surface area contributed by atoms with Crippen LogP contribution in [0.15, 0.2) is 42.5 Å². The summed E-state index contributed by atoms with van der Waals surface area (Å²) in [6.07, 6.45) is 0. The van der Waals surface area contributed by atoms with E-state index in [1.165, 1.54) is 25.3 Å². The highest BCUT2D eigenvalue weighted by atomic mass is 16.5. The number of carbonyl (C=O) groups excluding carboxylic acids is 3. The lowest BCUT2D eigenvalue weighted by molar-refractivity contribution is -0.119. The molecule has 28 heavy (non-hydrogen) atoms. The average Bonchev–Trinajstić information content (AvgIpc) is 2.70. The molecule has 0 heterocycles. The van der Waals surface area contributed by atoms with Gasteiger partial charge in [0, 0.05) is 5.56 Å². The minimum absolute atomic E-state index is 0.169. The van der Waals surface area contributed by atoms with Crippen molar-refractivity contribution in [2.45, 2.75) is 6.92 Å². The number of rotatable bonds is 10. The van der Waals surface area contributed by atoms with Crippen molar-refractivity contribution in [2.24, 2.45) is 5.73 Å². The minimum Gasteiger partial charge on any atom is -0.494 e. The van der Waals surface area contributed by atoms with Crippen molar-refractivity contribution in [3.8, 4) is 17.2 Å². The van der Waals surface area contributed by atoms with E-state index >= 15 is 0 Å². The highest BCUT2D eigenvalue weighted by Gasteiger charge is 2.15. The molecule has 0 bridgehead atoms. The largest absolute Gasteiger partial charge is 0.494 e. The van der Waals surface area contributed by atoms with Crippen molar-refractivity contribution in [1.82, 2.24) is 0 Å². The zero-order chi connectivity index (χ0) is 20.5. The van der Waals surface area contributed by atoms with Crippen LogP contribution < -0.4 is 19.9 Å². The predicted molar refractivity (Wildman–Crippen MR) is 99.9 cm³/mol. The van der Waals surface area contributed by atoms with Gasteiger partial charge in [-0.1, -0.05) is 0 Å². The average molecular weight is 387 g/mol. The second-order valence-corrected chi connectivity index (χ2v) is 5.58. The molecule has 8 nitrogen and oxygen atoms in total. The SMILES string of the molecule is CCOc1ccc(C(=O)COC(=O)c2ccc(OCC(N)=O)c(OC)c2)cc1. The lowest BCUT2D eigenvalue weighted by Crippen LogP contribution is -2.20. The van der Waals surface area contributed by atoms with Crippen molar-refractivity contribution >= 4 is 17.7 Å². The summed E-state index contributed by atoms with van der Waals surface area (Å²) >= 11 is 0. The Balaban J connectivity index is 1.98. The maximum atomic E-state index is 12.2. The Labute approximate surface area is 162 Å². The fourth-order valence-corrected chi connectivity index (χ4v) is 2.26. The van der Waals surface area contributed by atoms with Gasteiger partial charge in [0.2, 0.25) is 0 Å². The van der Waals surface area contributed by atoms with Crippen LogP contribution in [-0.4, -0.2) is 44.6 Å². The van der Waals surface area contributed by atoms with E-state index in [9.17, 15) is 14.4 Å². The fraction of sp³-hybridized carbons (Fsp3) is 0.250. The van der Waals surface area contributed by atoms with Crippen molar-refractivity contribution in [3.63, 3.8) is 0 Å². The first-order valence-electron chi connectivity index (χ1n) is 8.47. The summed E-state index contributed by atoms with van der Waals surface area (Å²) in [6, 6.07) is 10.8. The molecule has 0 spiro atoms. The highest BCUT2D eigenvalue weighted by Crippen LogP contribution is 2.28. The minimum atomic E-state index is -0.695. The number of ether oxygens (including phenoxy) is 4. The van der Waals surface area contributed by atoms with Crippen molar-refractivity contribution < 1.29 is 33.3 Å². The number of esters is 1. The number of Topliss-reactive ketones (excluding diaryl/α,β-unsaturated/α-hetero) is 1. The van der Waals surface area contributed by atoms with Crippen LogP contribution in [0, 0.1) is 0 Å². The third-order valence-electron chi connectivity index (χ3n) is 3.59. The van der Waals surface area contributed by atoms with Gasteiger partial charge in [0.15, 0.2) is 30.5 Å². The molecule has 0 unspecified atom stereocenters. The lowest BCUT2D eigenvalue weighted by Gasteiger charge is -2.11. The second-order valence-electron chi connectivity index (χ2n) is 5.58. The van der Waals surface area contributed by atoms with Gasteiger partial charge in [0.05, 0.1) is 19.3 Å². The normalized spacial score (nSPS) is 10.1. The Bertz CT molecular complexity index is 846. The van der Waals surface area contributed by atoms with E-state index in [4.69, 9.17) is 24.7 Å². The molecule has 0 aliphatic heterocycles. The van der Waals surface area contributed by atoms with Gasteiger partial charge in [0.1, 0.15) is 5.75 Å². The molecule has 2 aromatic rings. The quantitative estimate of drug-likeness (QED) is 0.490. The van der Waals surface area contributed by atoms with Gasteiger partial charge in [-0.25, -0.2) is 4.79 Å². The Morgan fingerprint density at radius 1 is 0.893 bits per heavy atom. The molecule has 0 atom stereocenters. The molecule has 8 heteroatoms. The number of amides is 1. The Morgan fingerprint density at radius 3 is 2.18 bits per heavy atom. The number of ketones is 1. The van der Waals surface area contributed by atoms with Gasteiger partial charge in [-0.2, -0.15) is 0 Å². The van der Waals surface area contributed by atoms with E-state index in [-0.39, 0.29) is 29.5 Å². The third-order valence-corrected chi connectivity index (χ3v) is 3.59. The third kappa shape index (κ3) is 5.73. The van der Waals surface area contributed by atoms with Crippen molar-refractivity contribution in [2.75, 3.05) is 26.9 Å². The van der Waals surface area contributed by atoms with Gasteiger partial charge < -0.3 is 24.7 Å². The Morgan fingerprint density at radius 2 is 1.57 bits per heavy atom. The van der Waals surface area contributed by atoms with Gasteiger partial charge in [0.25, 0.3) is 5.91 Å². The van der Waals surface area contributed by atoms with E-state index in [2.05, 4.69) is 0 Å². The number of primary amides is 1. The van der Waals surface area contributed by atoms with Crippen LogP contribution in [0.5, 0.6) is 17.2 Å². The molecule has 0 saturated carbocycles. The molecular weight excluding hydrogens is 366 g/mol. The molecule has 0 radical (unpaired) electrons. The molecule has 2 N–H and O–H groups in total. The van der Waals surface area contributed by atoms with E-state index < -0.39 is 18.5 Å². The number of hydrogen-bond acceptors (Lipinski definition) is 7. The van der Waals surface area contributed by atoms with Crippen LogP contribution >= 0.6 is 0 Å². The Hall–Kier alpha value is -3.55. The second kappa shape index (κ2) is 9.96. The van der Waals surface area contributed by atoms with Crippen molar-refractivity contribution in [1.29, 1.82) is 0 Å². The molecule has 2 rings (SSSR count). The topological polar surface area (TPSA) is 114 Å². The standard InChI is InChI=1S/C20H21NO7/c1-3-26-15-7-4-13(5-8-15)16(22)11-28-20(24)14-6-9-17(18(10-14)25-2)27-12-19(21)23/h4-10H,3,11-12H2,1-2H3,(H2,21,23). The van der Waals surface area contributed by atoms with Gasteiger partial charge >= 0.3 is 5.97 Å². The van der Waals surface area contributed by atoms with E-state index in [0.29, 0.717) is 17.9 Å². The summed E-state index contributed by atoms with van der Waals surface area (Å²) in [5.74, 6) is -0.541. The maximum Gasteiger partial charge on any atom is 0.338 e. The van der Waals surface area contributed by atoms with Gasteiger partial charge in [-0.3, -0.25) is 9.59 Å². The zero-order valence-electron chi connectivity index (χ0n) is 15.6. The highest BCUT2D eigenvalue weighted by molar-refractivity contribution is 5.99. The number of hydrogen-bond donors (Lipinski definition) is 1.